The quantitative estimate of drug-likeness (QED) is 0.610. The van der Waals surface area contributed by atoms with E-state index in [-0.39, 0.29) is 0 Å². The first kappa shape index (κ1) is 12.0. The third-order valence-electron chi connectivity index (χ3n) is 1.82. The average Bonchev–Trinajstić information content (AvgIpc) is 2.01. The van der Waals surface area contributed by atoms with Crippen LogP contribution in [0.2, 0.25) is 0 Å². The zero-order valence-corrected chi connectivity index (χ0v) is 9.25. The molecule has 0 fully saturated rings. The predicted octanol–water partition coefficient (Wildman–Crippen LogP) is 3.13. The molecule has 0 aliphatic rings. The highest BCUT2D eigenvalue weighted by atomic mass is 32.2. The van der Waals surface area contributed by atoms with Crippen LogP contribution in [0.5, 0.6) is 0 Å². The second-order valence-corrected chi connectivity index (χ2v) is 4.55. The van der Waals surface area contributed by atoms with Crippen molar-refractivity contribution < 1.29 is 4.79 Å². The molecular weight excluding hydrogens is 168 g/mol. The molecule has 0 aliphatic carbocycles. The molecule has 0 spiro atoms. The molecule has 0 aromatic heterocycles. The lowest BCUT2D eigenvalue weighted by atomic mass is 10.0. The Morgan fingerprint density at radius 1 is 1.42 bits per heavy atom. The molecule has 0 aliphatic heterocycles. The van der Waals surface area contributed by atoms with Gasteiger partial charge in [-0.25, -0.2) is 0 Å². The molecule has 1 unspecified atom stereocenters. The molecule has 0 heterocycles. The first-order valence-corrected chi connectivity index (χ1v) is 5.95. The Morgan fingerprint density at radius 2 is 2.08 bits per heavy atom. The summed E-state index contributed by atoms with van der Waals surface area (Å²) in [6.45, 7) is 6.42. The van der Waals surface area contributed by atoms with E-state index in [4.69, 9.17) is 0 Å². The van der Waals surface area contributed by atoms with Crippen molar-refractivity contribution >= 4 is 17.5 Å². The van der Waals surface area contributed by atoms with Crippen LogP contribution in [0, 0.1) is 5.92 Å². The van der Waals surface area contributed by atoms with Crippen molar-refractivity contribution in [3.63, 3.8) is 0 Å². The van der Waals surface area contributed by atoms with Crippen molar-refractivity contribution in [2.75, 3.05) is 11.5 Å². The molecule has 1 nitrogen and oxygen atoms in total. The number of hydrogen-bond acceptors (Lipinski definition) is 2. The number of carbonyl (C=O) groups is 1. The Kier molecular flexibility index (Phi) is 7.67. The fraction of sp³-hybridized carbons (Fsp3) is 0.900. The van der Waals surface area contributed by atoms with Gasteiger partial charge in [0.05, 0.1) is 5.75 Å². The summed E-state index contributed by atoms with van der Waals surface area (Å²) in [5, 5.41) is 0. The summed E-state index contributed by atoms with van der Waals surface area (Å²) in [5.74, 6) is 2.76. The highest BCUT2D eigenvalue weighted by Gasteiger charge is 2.07. The van der Waals surface area contributed by atoms with Gasteiger partial charge < -0.3 is 0 Å². The molecule has 0 radical (unpaired) electrons. The van der Waals surface area contributed by atoms with E-state index >= 15 is 0 Å². The van der Waals surface area contributed by atoms with Crippen LogP contribution in [0.4, 0.5) is 0 Å². The maximum absolute atomic E-state index is 11.3. The van der Waals surface area contributed by atoms with Gasteiger partial charge in [0.2, 0.25) is 0 Å². The molecule has 0 N–H and O–H groups in total. The SMILES string of the molecule is CCCC(C)CC(=O)CSCC. The van der Waals surface area contributed by atoms with Gasteiger partial charge in [0.25, 0.3) is 0 Å². The van der Waals surface area contributed by atoms with E-state index < -0.39 is 0 Å². The van der Waals surface area contributed by atoms with Crippen LogP contribution in [-0.2, 0) is 4.79 Å². The minimum absolute atomic E-state index is 0.419. The lowest BCUT2D eigenvalue weighted by molar-refractivity contribution is -0.117. The van der Waals surface area contributed by atoms with Gasteiger partial charge in [0, 0.05) is 6.42 Å². The van der Waals surface area contributed by atoms with E-state index in [0.29, 0.717) is 17.5 Å². The van der Waals surface area contributed by atoms with Crippen LogP contribution in [0.1, 0.15) is 40.0 Å². The number of hydrogen-bond donors (Lipinski definition) is 0. The van der Waals surface area contributed by atoms with Gasteiger partial charge in [0.15, 0.2) is 0 Å². The van der Waals surface area contributed by atoms with E-state index in [0.717, 1.165) is 12.2 Å². The van der Waals surface area contributed by atoms with Crippen LogP contribution in [-0.4, -0.2) is 17.3 Å². The molecule has 72 valence electrons. The fourth-order valence-corrected chi connectivity index (χ4v) is 1.81. The van der Waals surface area contributed by atoms with Gasteiger partial charge >= 0.3 is 0 Å². The van der Waals surface area contributed by atoms with Gasteiger partial charge in [-0.1, -0.05) is 33.6 Å². The summed E-state index contributed by atoms with van der Waals surface area (Å²) in [6, 6.07) is 0. The van der Waals surface area contributed by atoms with Gasteiger partial charge in [-0.15, -0.1) is 0 Å². The molecule has 0 bridgehead atoms. The number of Topliss-reactive ketones (excluding diaryl/α,β-unsaturated/α-hetero) is 1. The Labute approximate surface area is 80.3 Å². The normalized spacial score (nSPS) is 12.9. The molecule has 1 atom stereocenters. The maximum Gasteiger partial charge on any atom is 0.143 e. The Bertz CT molecular complexity index is 123. The van der Waals surface area contributed by atoms with Crippen LogP contribution >= 0.6 is 11.8 Å². The highest BCUT2D eigenvalue weighted by molar-refractivity contribution is 7.99. The fourth-order valence-electron chi connectivity index (χ4n) is 1.26. The Balaban J connectivity index is 3.40. The zero-order chi connectivity index (χ0) is 9.40. The van der Waals surface area contributed by atoms with Gasteiger partial charge in [-0.3, -0.25) is 4.79 Å². The second-order valence-electron chi connectivity index (χ2n) is 3.27. The third kappa shape index (κ3) is 6.71. The molecule has 0 saturated heterocycles. The van der Waals surface area contributed by atoms with Crippen molar-refractivity contribution in [3.05, 3.63) is 0 Å². The van der Waals surface area contributed by atoms with E-state index in [1.165, 1.54) is 12.8 Å². The number of rotatable bonds is 7. The molecule has 12 heavy (non-hydrogen) atoms. The van der Waals surface area contributed by atoms with Gasteiger partial charge in [-0.2, -0.15) is 11.8 Å². The maximum atomic E-state index is 11.3. The van der Waals surface area contributed by atoms with E-state index in [2.05, 4.69) is 20.8 Å². The van der Waals surface area contributed by atoms with Crippen molar-refractivity contribution in [2.24, 2.45) is 5.92 Å². The van der Waals surface area contributed by atoms with Gasteiger partial charge in [0.1, 0.15) is 5.78 Å². The van der Waals surface area contributed by atoms with Crippen LogP contribution < -0.4 is 0 Å². The zero-order valence-electron chi connectivity index (χ0n) is 8.43. The Morgan fingerprint density at radius 3 is 2.58 bits per heavy atom. The first-order chi connectivity index (χ1) is 5.70. The average molecular weight is 188 g/mol. The van der Waals surface area contributed by atoms with Crippen molar-refractivity contribution in [3.8, 4) is 0 Å². The van der Waals surface area contributed by atoms with Crippen molar-refractivity contribution in [2.45, 2.75) is 40.0 Å². The topological polar surface area (TPSA) is 17.1 Å². The third-order valence-corrected chi connectivity index (χ3v) is 2.76. The molecule has 0 saturated carbocycles. The summed E-state index contributed by atoms with van der Waals surface area (Å²) in [5.41, 5.74) is 0. The monoisotopic (exact) mass is 188 g/mol. The molecule has 0 aromatic carbocycles. The smallest absolute Gasteiger partial charge is 0.143 e. The van der Waals surface area contributed by atoms with Crippen molar-refractivity contribution in [1.82, 2.24) is 0 Å². The molecule has 0 amide bonds. The van der Waals surface area contributed by atoms with Gasteiger partial charge in [-0.05, 0) is 11.7 Å². The predicted molar refractivity (Wildman–Crippen MR) is 56.7 cm³/mol. The van der Waals surface area contributed by atoms with Crippen LogP contribution in [0.25, 0.3) is 0 Å². The standard InChI is InChI=1S/C10H20OS/c1-4-6-9(3)7-10(11)8-12-5-2/h9H,4-8H2,1-3H3. The Hall–Kier alpha value is 0.0200. The summed E-state index contributed by atoms with van der Waals surface area (Å²) in [6.07, 6.45) is 3.15. The summed E-state index contributed by atoms with van der Waals surface area (Å²) in [4.78, 5) is 11.3. The van der Waals surface area contributed by atoms with E-state index in [1.54, 1.807) is 11.8 Å². The van der Waals surface area contributed by atoms with Crippen molar-refractivity contribution in [1.29, 1.82) is 0 Å². The summed E-state index contributed by atoms with van der Waals surface area (Å²) in [7, 11) is 0. The molecule has 0 rings (SSSR count). The molecule has 0 aromatic rings. The number of carbonyl (C=O) groups excluding carboxylic acids is 1. The highest BCUT2D eigenvalue weighted by Crippen LogP contribution is 2.12. The lowest BCUT2D eigenvalue weighted by Gasteiger charge is -2.07. The van der Waals surface area contributed by atoms with E-state index in [1.807, 2.05) is 0 Å². The summed E-state index contributed by atoms with van der Waals surface area (Å²) >= 11 is 1.73. The largest absolute Gasteiger partial charge is 0.299 e. The molecule has 2 heteroatoms. The summed E-state index contributed by atoms with van der Waals surface area (Å²) < 4.78 is 0. The second kappa shape index (κ2) is 7.66. The lowest BCUT2D eigenvalue weighted by Crippen LogP contribution is -2.07. The van der Waals surface area contributed by atoms with Crippen LogP contribution in [0.15, 0.2) is 0 Å². The number of thioether (sulfide) groups is 1. The number of ketones is 1. The van der Waals surface area contributed by atoms with Crippen LogP contribution in [0.3, 0.4) is 0 Å². The molecular formula is C10H20OS. The minimum Gasteiger partial charge on any atom is -0.299 e. The first-order valence-electron chi connectivity index (χ1n) is 4.80. The van der Waals surface area contributed by atoms with E-state index in [9.17, 15) is 4.79 Å². The minimum atomic E-state index is 0.419.